The Morgan fingerprint density at radius 3 is 2.54 bits per heavy atom. The van der Waals surface area contributed by atoms with Crippen molar-refractivity contribution in [3.8, 4) is 5.75 Å². The molecule has 9 nitrogen and oxygen atoms in total. The number of nitrogens with zero attached hydrogens (tertiary/aromatic N) is 3. The Bertz CT molecular complexity index is 755. The number of hydrogen-bond acceptors (Lipinski definition) is 5. The average Bonchev–Trinajstić information content (AvgIpc) is 2.89. The van der Waals surface area contributed by atoms with Gasteiger partial charge in [-0.25, -0.2) is 4.79 Å². The van der Waals surface area contributed by atoms with Crippen LogP contribution in [0.25, 0.3) is 0 Å². The summed E-state index contributed by atoms with van der Waals surface area (Å²) in [5, 5.41) is 20.4. The van der Waals surface area contributed by atoms with Crippen LogP contribution in [0.5, 0.6) is 5.75 Å². The Morgan fingerprint density at radius 1 is 1.35 bits per heavy atom. The molecule has 0 unspecified atom stereocenters. The zero-order valence-corrected chi connectivity index (χ0v) is 14.7. The average molecular weight is 363 g/mol. The molecular weight excluding hydrogens is 342 g/mol. The van der Waals surface area contributed by atoms with Crippen LogP contribution in [0.4, 0.5) is 10.5 Å². The van der Waals surface area contributed by atoms with Crippen LogP contribution in [-0.2, 0) is 6.54 Å². The van der Waals surface area contributed by atoms with Crippen LogP contribution in [0.2, 0.25) is 0 Å². The maximum absolute atomic E-state index is 12.8. The fourth-order valence-corrected chi connectivity index (χ4v) is 3.51. The van der Waals surface area contributed by atoms with Crippen molar-refractivity contribution in [2.45, 2.75) is 45.4 Å². The van der Waals surface area contributed by atoms with E-state index in [9.17, 15) is 19.7 Å². The highest BCUT2D eigenvalue weighted by Gasteiger charge is 2.37. The number of carbonyl (C=O) groups excluding carboxylic acids is 1. The number of carbonyl (C=O) groups is 2. The number of ether oxygens (including phenoxy) is 1. The second-order valence-corrected chi connectivity index (χ2v) is 6.83. The van der Waals surface area contributed by atoms with E-state index < -0.39 is 11.0 Å². The van der Waals surface area contributed by atoms with Gasteiger partial charge in [0.25, 0.3) is 5.91 Å². The zero-order valence-electron chi connectivity index (χ0n) is 14.7. The number of hydrogen-bond donors (Lipinski definition) is 1. The van der Waals surface area contributed by atoms with Gasteiger partial charge >= 0.3 is 11.8 Å². The lowest BCUT2D eigenvalue weighted by Crippen LogP contribution is -2.46. The summed E-state index contributed by atoms with van der Waals surface area (Å²) < 4.78 is 5.54. The molecule has 3 rings (SSSR count). The van der Waals surface area contributed by atoms with Gasteiger partial charge in [-0.2, -0.15) is 0 Å². The van der Waals surface area contributed by atoms with Gasteiger partial charge in [0, 0.05) is 31.7 Å². The molecule has 2 aliphatic heterocycles. The molecule has 2 amide bonds. The quantitative estimate of drug-likeness (QED) is 0.649. The predicted octanol–water partition coefficient (Wildman–Crippen LogP) is 2.48. The molecule has 0 bridgehead atoms. The Morgan fingerprint density at radius 2 is 2.00 bits per heavy atom. The monoisotopic (exact) mass is 363 g/mol. The first-order chi connectivity index (χ1) is 12.3. The van der Waals surface area contributed by atoms with Crippen LogP contribution in [0.15, 0.2) is 12.1 Å². The summed E-state index contributed by atoms with van der Waals surface area (Å²) in [5.41, 5.74) is 0.818. The predicted molar refractivity (Wildman–Crippen MR) is 91.4 cm³/mol. The van der Waals surface area contributed by atoms with Gasteiger partial charge in [0.1, 0.15) is 0 Å². The van der Waals surface area contributed by atoms with Crippen molar-refractivity contribution in [2.24, 2.45) is 0 Å². The van der Waals surface area contributed by atoms with E-state index in [0.29, 0.717) is 43.6 Å². The summed E-state index contributed by atoms with van der Waals surface area (Å²) in [4.78, 5) is 37.6. The third-order valence-electron chi connectivity index (χ3n) is 4.75. The summed E-state index contributed by atoms with van der Waals surface area (Å²) in [7, 11) is 0. The summed E-state index contributed by atoms with van der Waals surface area (Å²) in [6.45, 7) is 4.68. The molecule has 1 saturated heterocycles. The van der Waals surface area contributed by atoms with Crippen molar-refractivity contribution >= 4 is 17.7 Å². The number of carboxylic acid groups (broad SMARTS) is 1. The molecule has 1 N–H and O–H groups in total. The van der Waals surface area contributed by atoms with E-state index in [-0.39, 0.29) is 29.5 Å². The first kappa shape index (κ1) is 18.0. The van der Waals surface area contributed by atoms with Crippen molar-refractivity contribution in [1.29, 1.82) is 0 Å². The molecule has 2 aliphatic rings. The molecule has 1 fully saturated rings. The van der Waals surface area contributed by atoms with Gasteiger partial charge < -0.3 is 19.6 Å². The first-order valence-electron chi connectivity index (χ1n) is 8.54. The van der Waals surface area contributed by atoms with Crippen molar-refractivity contribution in [2.75, 3.05) is 13.1 Å². The zero-order chi connectivity index (χ0) is 19.0. The van der Waals surface area contributed by atoms with Gasteiger partial charge in [0.2, 0.25) is 0 Å². The summed E-state index contributed by atoms with van der Waals surface area (Å²) >= 11 is 0. The molecule has 0 spiro atoms. The maximum Gasteiger partial charge on any atom is 0.407 e. The molecule has 2 heterocycles. The largest absolute Gasteiger partial charge is 0.484 e. The highest BCUT2D eigenvalue weighted by molar-refractivity contribution is 5.99. The van der Waals surface area contributed by atoms with Crippen molar-refractivity contribution in [1.82, 2.24) is 9.80 Å². The summed E-state index contributed by atoms with van der Waals surface area (Å²) in [6.07, 6.45) is -0.0571. The lowest BCUT2D eigenvalue weighted by atomic mass is 10.0. The second-order valence-electron chi connectivity index (χ2n) is 6.83. The SMILES string of the molecule is CC(C)Oc1cc2c(cc1[N+](=O)[O-])C(=O)N(C1CCN(C(=O)O)CC1)C2. The molecule has 1 aromatic carbocycles. The number of piperidine rings is 1. The van der Waals surface area contributed by atoms with E-state index in [1.165, 1.54) is 11.0 Å². The molecule has 140 valence electrons. The van der Waals surface area contributed by atoms with Crippen LogP contribution < -0.4 is 4.74 Å². The molecular formula is C17H21N3O6. The molecule has 0 aromatic heterocycles. The van der Waals surface area contributed by atoms with Crippen molar-refractivity contribution in [3.63, 3.8) is 0 Å². The Balaban J connectivity index is 1.83. The minimum atomic E-state index is -0.953. The van der Waals surface area contributed by atoms with Gasteiger partial charge in [0.15, 0.2) is 5.75 Å². The van der Waals surface area contributed by atoms with Crippen LogP contribution in [-0.4, -0.2) is 57.1 Å². The Hall–Kier alpha value is -2.84. The molecule has 9 heteroatoms. The lowest BCUT2D eigenvalue weighted by Gasteiger charge is -2.35. The number of likely N-dealkylation sites (tertiary alicyclic amines) is 1. The van der Waals surface area contributed by atoms with E-state index in [0.717, 1.165) is 0 Å². The number of rotatable bonds is 4. The fourth-order valence-electron chi connectivity index (χ4n) is 3.51. The molecule has 1 aromatic rings. The van der Waals surface area contributed by atoms with Crippen LogP contribution in [0.1, 0.15) is 42.6 Å². The minimum absolute atomic E-state index is 0.0703. The number of benzene rings is 1. The lowest BCUT2D eigenvalue weighted by molar-refractivity contribution is -0.386. The third kappa shape index (κ3) is 3.29. The minimum Gasteiger partial charge on any atom is -0.484 e. The third-order valence-corrected chi connectivity index (χ3v) is 4.75. The normalized spacial score (nSPS) is 17.6. The molecule has 0 radical (unpaired) electrons. The van der Waals surface area contributed by atoms with Crippen LogP contribution >= 0.6 is 0 Å². The van der Waals surface area contributed by atoms with Crippen molar-refractivity contribution < 1.29 is 24.4 Å². The first-order valence-corrected chi connectivity index (χ1v) is 8.54. The topological polar surface area (TPSA) is 113 Å². The second kappa shape index (κ2) is 6.81. The number of nitro groups is 1. The van der Waals surface area contributed by atoms with E-state index in [4.69, 9.17) is 9.84 Å². The van der Waals surface area contributed by atoms with Gasteiger partial charge in [-0.15, -0.1) is 0 Å². The van der Waals surface area contributed by atoms with E-state index in [2.05, 4.69) is 0 Å². The van der Waals surface area contributed by atoms with Gasteiger partial charge in [0.05, 0.1) is 16.6 Å². The van der Waals surface area contributed by atoms with Gasteiger partial charge in [-0.05, 0) is 38.3 Å². The molecule has 0 atom stereocenters. The van der Waals surface area contributed by atoms with Crippen LogP contribution in [0, 0.1) is 10.1 Å². The molecule has 0 saturated carbocycles. The van der Waals surface area contributed by atoms with Crippen LogP contribution in [0.3, 0.4) is 0 Å². The highest BCUT2D eigenvalue weighted by atomic mass is 16.6. The molecule has 26 heavy (non-hydrogen) atoms. The highest BCUT2D eigenvalue weighted by Crippen LogP contribution is 2.37. The standard InChI is InChI=1S/C17H21N3O6/c1-10(2)26-15-7-11-9-19(12-3-5-18(6-4-12)17(22)23)16(21)13(11)8-14(15)20(24)25/h7-8,10,12H,3-6,9H2,1-2H3,(H,22,23). The summed E-state index contributed by atoms with van der Waals surface area (Å²) in [5.74, 6) is -0.0768. The fraction of sp³-hybridized carbons (Fsp3) is 0.529. The number of fused-ring (bicyclic) bond motifs is 1. The number of amides is 2. The maximum atomic E-state index is 12.8. The summed E-state index contributed by atoms with van der Waals surface area (Å²) in [6, 6.07) is 2.80. The van der Waals surface area contributed by atoms with Crippen molar-refractivity contribution in [3.05, 3.63) is 33.4 Å². The Labute approximate surface area is 150 Å². The van der Waals surface area contributed by atoms with E-state index in [1.807, 2.05) is 0 Å². The Kier molecular flexibility index (Phi) is 4.71. The smallest absolute Gasteiger partial charge is 0.407 e. The van der Waals surface area contributed by atoms with Gasteiger partial charge in [-0.1, -0.05) is 0 Å². The van der Waals surface area contributed by atoms with E-state index in [1.54, 1.807) is 24.8 Å². The molecule has 0 aliphatic carbocycles. The van der Waals surface area contributed by atoms with Gasteiger partial charge in [-0.3, -0.25) is 14.9 Å². The number of nitro benzene ring substituents is 1. The van der Waals surface area contributed by atoms with E-state index >= 15 is 0 Å².